The quantitative estimate of drug-likeness (QED) is 0.282. The largest absolute Gasteiger partial charge is 0.582 e. The molecule has 0 aliphatic carbocycles. The van der Waals surface area contributed by atoms with Crippen molar-refractivity contribution >= 4 is 8.25 Å². The van der Waals surface area contributed by atoms with Gasteiger partial charge in [-0.25, -0.2) is 0 Å². The van der Waals surface area contributed by atoms with Crippen LogP contribution in [-0.2, 0) is 9.09 Å². The van der Waals surface area contributed by atoms with Gasteiger partial charge in [0.25, 0.3) is 0 Å². The molecule has 0 spiro atoms. The van der Waals surface area contributed by atoms with E-state index in [0.29, 0.717) is 6.92 Å². The van der Waals surface area contributed by atoms with Gasteiger partial charge < -0.3 is 4.89 Å². The molecule has 0 aliphatic rings. The van der Waals surface area contributed by atoms with Crippen LogP contribution in [0.5, 0.6) is 0 Å². The molecule has 0 radical (unpaired) electrons. The first kappa shape index (κ1) is 11.0. The monoisotopic (exact) mass is 200 g/mol. The summed E-state index contributed by atoms with van der Waals surface area (Å²) >= 11 is 0. The van der Waals surface area contributed by atoms with Gasteiger partial charge in [-0.05, 0) is 0 Å². The standard InChI is InChI=1S/C2H5N2O7P/c1-2(3(5)6,4(7)8)11-12(9)10/h12H,1H3,(H,9,10). The van der Waals surface area contributed by atoms with Crippen LogP contribution in [0.2, 0.25) is 0 Å². The highest BCUT2D eigenvalue weighted by atomic mass is 31.1. The summed E-state index contributed by atoms with van der Waals surface area (Å²) in [4.78, 5) is 25.3. The SMILES string of the molecule is CC(O[PH](=O)O)([N+](=O)[O-])[N+](=O)[O-]. The van der Waals surface area contributed by atoms with Gasteiger partial charge in [-0.3, -0.25) is 24.8 Å². The topological polar surface area (TPSA) is 133 Å². The van der Waals surface area contributed by atoms with E-state index in [-0.39, 0.29) is 0 Å². The molecule has 1 atom stereocenters. The minimum Gasteiger partial charge on any atom is -0.326 e. The van der Waals surface area contributed by atoms with Gasteiger partial charge in [0.2, 0.25) is 0 Å². The fourth-order valence-electron chi connectivity index (χ4n) is 0.307. The molecule has 9 nitrogen and oxygen atoms in total. The molecule has 0 aromatic carbocycles. The third-order valence-electron chi connectivity index (χ3n) is 0.958. The van der Waals surface area contributed by atoms with Gasteiger partial charge >= 0.3 is 14.1 Å². The Hall–Kier alpha value is -1.05. The molecule has 0 bridgehead atoms. The summed E-state index contributed by atoms with van der Waals surface area (Å²) in [5.74, 6) is -3.05. The van der Waals surface area contributed by atoms with E-state index in [9.17, 15) is 24.8 Å². The summed E-state index contributed by atoms with van der Waals surface area (Å²) in [7, 11) is -3.71. The first-order valence-electron chi connectivity index (χ1n) is 2.51. The summed E-state index contributed by atoms with van der Waals surface area (Å²) in [6.07, 6.45) is 0. The van der Waals surface area contributed by atoms with Gasteiger partial charge in [-0.15, -0.1) is 0 Å². The van der Waals surface area contributed by atoms with Crippen LogP contribution in [0.4, 0.5) is 0 Å². The number of hydrogen-bond acceptors (Lipinski definition) is 6. The Morgan fingerprint density at radius 1 is 1.42 bits per heavy atom. The first-order chi connectivity index (χ1) is 5.30. The van der Waals surface area contributed by atoms with Gasteiger partial charge in [0.05, 0.1) is 0 Å². The maximum absolute atomic E-state index is 10.0. The van der Waals surface area contributed by atoms with Gasteiger partial charge in [-0.2, -0.15) is 4.52 Å². The van der Waals surface area contributed by atoms with Crippen LogP contribution in [-0.4, -0.2) is 20.6 Å². The molecule has 0 amide bonds. The van der Waals surface area contributed by atoms with Crippen molar-refractivity contribution in [1.82, 2.24) is 0 Å². The van der Waals surface area contributed by atoms with E-state index >= 15 is 0 Å². The molecular formula is C2H5N2O7P. The Balaban J connectivity index is 4.75. The molecule has 0 saturated carbocycles. The number of rotatable bonds is 4. The van der Waals surface area contributed by atoms with Crippen LogP contribution < -0.4 is 0 Å². The van der Waals surface area contributed by atoms with Crippen LogP contribution in [0.1, 0.15) is 6.92 Å². The van der Waals surface area contributed by atoms with E-state index in [1.807, 2.05) is 0 Å². The van der Waals surface area contributed by atoms with E-state index in [1.165, 1.54) is 0 Å². The van der Waals surface area contributed by atoms with Gasteiger partial charge in [-0.1, -0.05) is 0 Å². The molecule has 10 heteroatoms. The number of hydrogen-bond donors (Lipinski definition) is 1. The average molecular weight is 200 g/mol. The molecule has 0 saturated heterocycles. The molecule has 0 rings (SSSR count). The van der Waals surface area contributed by atoms with Gasteiger partial charge in [0, 0.05) is 0 Å². The molecule has 0 aromatic heterocycles. The van der Waals surface area contributed by atoms with E-state index < -0.39 is 24.0 Å². The zero-order chi connectivity index (χ0) is 9.94. The molecule has 1 unspecified atom stereocenters. The predicted octanol–water partition coefficient (Wildman–Crippen LogP) is -0.388. The Bertz CT molecular complexity index is 224. The van der Waals surface area contributed by atoms with Crippen LogP contribution >= 0.6 is 8.25 Å². The predicted molar refractivity (Wildman–Crippen MR) is 34.7 cm³/mol. The molecule has 0 fully saturated rings. The minimum atomic E-state index is -3.71. The highest BCUT2D eigenvalue weighted by Gasteiger charge is 2.54. The molecule has 0 aromatic rings. The zero-order valence-corrected chi connectivity index (χ0v) is 6.79. The normalized spacial score (nSPS) is 13.8. The Kier molecular flexibility index (Phi) is 3.25. The van der Waals surface area contributed by atoms with Crippen molar-refractivity contribution in [2.24, 2.45) is 0 Å². The Labute approximate surface area is 66.2 Å². The van der Waals surface area contributed by atoms with Crippen LogP contribution in [0.3, 0.4) is 0 Å². The van der Waals surface area contributed by atoms with E-state index in [0.717, 1.165) is 0 Å². The van der Waals surface area contributed by atoms with Gasteiger partial charge in [0.1, 0.15) is 16.8 Å². The van der Waals surface area contributed by atoms with Crippen molar-refractivity contribution in [3.05, 3.63) is 20.2 Å². The second-order valence-corrected chi connectivity index (χ2v) is 2.55. The average Bonchev–Trinajstić information content (AvgIpc) is 1.84. The Morgan fingerprint density at radius 3 is 1.83 bits per heavy atom. The number of nitro groups is 2. The number of nitrogens with zero attached hydrogens (tertiary/aromatic N) is 2. The molecule has 1 N–H and O–H groups in total. The van der Waals surface area contributed by atoms with Crippen LogP contribution in [0, 0.1) is 20.2 Å². The molecule has 0 aliphatic heterocycles. The lowest BCUT2D eigenvalue weighted by atomic mass is 10.5. The highest BCUT2D eigenvalue weighted by molar-refractivity contribution is 7.32. The second kappa shape index (κ2) is 3.57. The first-order valence-corrected chi connectivity index (χ1v) is 3.78. The highest BCUT2D eigenvalue weighted by Crippen LogP contribution is 2.26. The fraction of sp³-hybridized carbons (Fsp3) is 1.00. The van der Waals surface area contributed by atoms with Crippen molar-refractivity contribution in [3.8, 4) is 0 Å². The zero-order valence-electron chi connectivity index (χ0n) is 5.79. The van der Waals surface area contributed by atoms with Crippen molar-refractivity contribution in [1.29, 1.82) is 0 Å². The third-order valence-corrected chi connectivity index (χ3v) is 1.52. The molecule has 70 valence electrons. The smallest absolute Gasteiger partial charge is 0.326 e. The summed E-state index contributed by atoms with van der Waals surface area (Å²) in [6.45, 7) is 0.478. The van der Waals surface area contributed by atoms with Crippen molar-refractivity contribution in [2.45, 2.75) is 12.8 Å². The third kappa shape index (κ3) is 2.22. The maximum atomic E-state index is 10.0. The van der Waals surface area contributed by atoms with Crippen molar-refractivity contribution in [3.63, 3.8) is 0 Å². The summed E-state index contributed by atoms with van der Waals surface area (Å²) in [6, 6.07) is 0. The summed E-state index contributed by atoms with van der Waals surface area (Å²) in [5, 5.41) is 20.0. The lowest BCUT2D eigenvalue weighted by molar-refractivity contribution is -0.835. The van der Waals surface area contributed by atoms with Crippen LogP contribution in [0.15, 0.2) is 0 Å². The lowest BCUT2D eigenvalue weighted by Gasteiger charge is -2.09. The Morgan fingerprint density at radius 2 is 1.75 bits per heavy atom. The van der Waals surface area contributed by atoms with Crippen LogP contribution in [0.25, 0.3) is 0 Å². The summed E-state index contributed by atoms with van der Waals surface area (Å²) < 4.78 is 13.6. The van der Waals surface area contributed by atoms with E-state index in [4.69, 9.17) is 4.89 Å². The van der Waals surface area contributed by atoms with E-state index in [1.54, 1.807) is 0 Å². The van der Waals surface area contributed by atoms with E-state index in [2.05, 4.69) is 4.52 Å². The second-order valence-electron chi connectivity index (χ2n) is 1.82. The minimum absolute atomic E-state index is 0.478. The van der Waals surface area contributed by atoms with Crippen molar-refractivity contribution in [2.75, 3.05) is 0 Å². The van der Waals surface area contributed by atoms with Gasteiger partial charge in [0.15, 0.2) is 0 Å². The lowest BCUT2D eigenvalue weighted by Crippen LogP contribution is -2.44. The molecule has 0 heterocycles. The molecule has 12 heavy (non-hydrogen) atoms. The van der Waals surface area contributed by atoms with Crippen molar-refractivity contribution < 1.29 is 23.8 Å². The fourth-order valence-corrected chi connectivity index (χ4v) is 0.786. The summed E-state index contributed by atoms with van der Waals surface area (Å²) in [5.41, 5.74) is 0. The maximum Gasteiger partial charge on any atom is 0.582 e. The molecular weight excluding hydrogens is 195 g/mol.